The van der Waals surface area contributed by atoms with Crippen LogP contribution in [0.4, 0.5) is 11.4 Å². The first-order valence-electron chi connectivity index (χ1n) is 8.48. The van der Waals surface area contributed by atoms with Gasteiger partial charge in [0.1, 0.15) is 12.4 Å². The van der Waals surface area contributed by atoms with E-state index in [2.05, 4.69) is 5.32 Å². The van der Waals surface area contributed by atoms with Crippen molar-refractivity contribution in [2.45, 2.75) is 13.3 Å². The third kappa shape index (κ3) is 4.21. The Labute approximate surface area is 152 Å². The minimum atomic E-state index is -0.251. The molecule has 3 rings (SSSR count). The van der Waals surface area contributed by atoms with Crippen molar-refractivity contribution in [2.24, 2.45) is 0 Å². The summed E-state index contributed by atoms with van der Waals surface area (Å²) >= 11 is 0. The Balaban J connectivity index is 1.62. The summed E-state index contributed by atoms with van der Waals surface area (Å²) < 4.78 is 10.4. The van der Waals surface area contributed by atoms with Crippen LogP contribution in [0.5, 0.6) is 5.75 Å². The summed E-state index contributed by atoms with van der Waals surface area (Å²) in [5.41, 5.74) is 3.62. The van der Waals surface area contributed by atoms with E-state index >= 15 is 0 Å². The number of carbonyl (C=O) groups excluding carboxylic acids is 2. The lowest BCUT2D eigenvalue weighted by molar-refractivity contribution is -0.122. The van der Waals surface area contributed by atoms with E-state index in [1.165, 1.54) is 7.11 Å². The number of amides is 2. The Morgan fingerprint density at radius 1 is 1.15 bits per heavy atom. The van der Waals surface area contributed by atoms with Gasteiger partial charge in [-0.25, -0.2) is 0 Å². The summed E-state index contributed by atoms with van der Waals surface area (Å²) in [5, 5.41) is 2.81. The summed E-state index contributed by atoms with van der Waals surface area (Å²) in [6.07, 6.45) is 0.801. The van der Waals surface area contributed by atoms with E-state index in [9.17, 15) is 9.59 Å². The zero-order valence-corrected chi connectivity index (χ0v) is 15.0. The molecule has 0 spiro atoms. The van der Waals surface area contributed by atoms with Crippen LogP contribution in [-0.2, 0) is 20.7 Å². The van der Waals surface area contributed by atoms with Gasteiger partial charge in [0.2, 0.25) is 0 Å². The fourth-order valence-corrected chi connectivity index (χ4v) is 2.97. The number of fused-ring (bicyclic) bond motifs is 1. The molecule has 0 radical (unpaired) electrons. The highest BCUT2D eigenvalue weighted by Crippen LogP contribution is 2.31. The first-order valence-corrected chi connectivity index (χ1v) is 8.48. The van der Waals surface area contributed by atoms with Crippen LogP contribution in [0.25, 0.3) is 0 Å². The smallest absolute Gasteiger partial charge is 0.262 e. The fraction of sp³-hybridized carbons (Fsp3) is 0.300. The molecule has 1 aliphatic heterocycles. The zero-order chi connectivity index (χ0) is 18.5. The summed E-state index contributed by atoms with van der Waals surface area (Å²) in [6.45, 7) is 2.56. The second kappa shape index (κ2) is 8.01. The first-order chi connectivity index (χ1) is 12.6. The van der Waals surface area contributed by atoms with Crippen molar-refractivity contribution in [3.63, 3.8) is 0 Å². The number of nitrogens with one attached hydrogen (secondary N) is 1. The van der Waals surface area contributed by atoms with Crippen LogP contribution in [-0.4, -0.2) is 38.7 Å². The normalized spacial score (nSPS) is 12.6. The van der Waals surface area contributed by atoms with Crippen molar-refractivity contribution in [1.82, 2.24) is 0 Å². The maximum absolute atomic E-state index is 12.2. The summed E-state index contributed by atoms with van der Waals surface area (Å²) in [6, 6.07) is 13.1. The lowest BCUT2D eigenvalue weighted by atomic mass is 10.1. The molecule has 0 saturated carbocycles. The molecule has 1 N–H and O–H groups in total. The Morgan fingerprint density at radius 3 is 2.77 bits per heavy atom. The molecule has 2 aromatic carbocycles. The van der Waals surface area contributed by atoms with Gasteiger partial charge < -0.3 is 19.7 Å². The highest BCUT2D eigenvalue weighted by molar-refractivity contribution is 5.98. The van der Waals surface area contributed by atoms with Gasteiger partial charge in [-0.1, -0.05) is 18.2 Å². The number of benzene rings is 2. The largest absolute Gasteiger partial charge is 0.484 e. The molecule has 26 heavy (non-hydrogen) atoms. The Bertz CT molecular complexity index is 819. The third-order valence-corrected chi connectivity index (χ3v) is 4.19. The molecule has 0 aliphatic carbocycles. The van der Waals surface area contributed by atoms with Crippen LogP contribution in [0, 0.1) is 6.92 Å². The lowest BCUT2D eigenvalue weighted by Gasteiger charge is -2.17. The second-order valence-corrected chi connectivity index (χ2v) is 6.23. The number of nitrogens with zero attached hydrogens (tertiary/aromatic N) is 1. The number of ether oxygens (including phenoxy) is 2. The third-order valence-electron chi connectivity index (χ3n) is 4.19. The number of aryl methyl sites for hydroxylation is 1. The minimum Gasteiger partial charge on any atom is -0.484 e. The Morgan fingerprint density at radius 2 is 2.00 bits per heavy atom. The van der Waals surface area contributed by atoms with E-state index in [4.69, 9.17) is 9.47 Å². The highest BCUT2D eigenvalue weighted by Gasteiger charge is 2.24. The van der Waals surface area contributed by atoms with Crippen LogP contribution in [0.1, 0.15) is 11.1 Å². The molecule has 1 aliphatic rings. The molecule has 0 unspecified atom stereocenters. The second-order valence-electron chi connectivity index (χ2n) is 6.23. The molecule has 6 heteroatoms. The topological polar surface area (TPSA) is 67.9 Å². The minimum absolute atomic E-state index is 0.0420. The van der Waals surface area contributed by atoms with E-state index in [-0.39, 0.29) is 25.0 Å². The van der Waals surface area contributed by atoms with Crippen molar-refractivity contribution in [1.29, 1.82) is 0 Å². The monoisotopic (exact) mass is 354 g/mol. The molecule has 0 aromatic heterocycles. The highest BCUT2D eigenvalue weighted by atomic mass is 16.5. The van der Waals surface area contributed by atoms with E-state index in [1.54, 1.807) is 4.90 Å². The lowest BCUT2D eigenvalue weighted by Crippen LogP contribution is -2.32. The van der Waals surface area contributed by atoms with Crippen LogP contribution in [0.15, 0.2) is 42.5 Å². The predicted molar refractivity (Wildman–Crippen MR) is 99.7 cm³/mol. The molecule has 0 atom stereocenters. The molecule has 0 bridgehead atoms. The van der Waals surface area contributed by atoms with Crippen molar-refractivity contribution >= 4 is 23.2 Å². The van der Waals surface area contributed by atoms with Gasteiger partial charge in [-0.05, 0) is 48.7 Å². The molecule has 136 valence electrons. The summed E-state index contributed by atoms with van der Waals surface area (Å²) in [5.74, 6) is 0.321. The Hall–Kier alpha value is -2.86. The number of methoxy groups -OCH3 is 1. The van der Waals surface area contributed by atoms with Gasteiger partial charge in [-0.2, -0.15) is 0 Å². The average molecular weight is 354 g/mol. The van der Waals surface area contributed by atoms with Crippen molar-refractivity contribution in [2.75, 3.05) is 37.1 Å². The molecule has 6 nitrogen and oxygen atoms in total. The maximum atomic E-state index is 12.2. The number of anilines is 2. The van der Waals surface area contributed by atoms with Gasteiger partial charge in [0.15, 0.2) is 6.61 Å². The first kappa shape index (κ1) is 17.9. The maximum Gasteiger partial charge on any atom is 0.262 e. The molecule has 2 amide bonds. The van der Waals surface area contributed by atoms with Crippen LogP contribution in [0.3, 0.4) is 0 Å². The number of hydrogen-bond donors (Lipinski definition) is 1. The van der Waals surface area contributed by atoms with Crippen LogP contribution < -0.4 is 15.0 Å². The van der Waals surface area contributed by atoms with Gasteiger partial charge in [0.05, 0.1) is 0 Å². The van der Waals surface area contributed by atoms with Gasteiger partial charge in [0.25, 0.3) is 11.8 Å². The van der Waals surface area contributed by atoms with E-state index in [0.29, 0.717) is 18.0 Å². The zero-order valence-electron chi connectivity index (χ0n) is 15.0. The number of rotatable bonds is 6. The average Bonchev–Trinajstić information content (AvgIpc) is 3.03. The molecule has 0 fully saturated rings. The van der Waals surface area contributed by atoms with Gasteiger partial charge >= 0.3 is 0 Å². The van der Waals surface area contributed by atoms with Gasteiger partial charge in [0, 0.05) is 25.0 Å². The standard InChI is InChI=1S/C20H22N2O4/c1-14-4-3-5-17(10-14)26-12-19(23)21-16-7-6-15-8-9-22(18(15)11-16)20(24)13-25-2/h3-7,10-11H,8-9,12-13H2,1-2H3,(H,21,23). The molecule has 0 saturated heterocycles. The van der Waals surface area contributed by atoms with Crippen molar-refractivity contribution in [3.8, 4) is 5.75 Å². The SMILES string of the molecule is COCC(=O)N1CCc2ccc(NC(=O)COc3cccc(C)c3)cc21. The van der Waals surface area contributed by atoms with E-state index in [0.717, 1.165) is 23.2 Å². The molecular weight excluding hydrogens is 332 g/mol. The summed E-state index contributed by atoms with van der Waals surface area (Å²) in [4.78, 5) is 26.0. The molecule has 1 heterocycles. The predicted octanol–water partition coefficient (Wildman–Crippen LogP) is 2.55. The van der Waals surface area contributed by atoms with Gasteiger partial charge in [-0.15, -0.1) is 0 Å². The van der Waals surface area contributed by atoms with Crippen molar-refractivity contribution < 1.29 is 19.1 Å². The quantitative estimate of drug-likeness (QED) is 0.866. The van der Waals surface area contributed by atoms with Crippen molar-refractivity contribution in [3.05, 3.63) is 53.6 Å². The number of hydrogen-bond acceptors (Lipinski definition) is 4. The van der Waals surface area contributed by atoms with E-state index in [1.807, 2.05) is 49.4 Å². The van der Waals surface area contributed by atoms with Crippen LogP contribution in [0.2, 0.25) is 0 Å². The molecule has 2 aromatic rings. The van der Waals surface area contributed by atoms with Crippen LogP contribution >= 0.6 is 0 Å². The van der Waals surface area contributed by atoms with E-state index < -0.39 is 0 Å². The fourth-order valence-electron chi connectivity index (χ4n) is 2.97. The summed E-state index contributed by atoms with van der Waals surface area (Å²) in [7, 11) is 1.50. The molecular formula is C20H22N2O4. The van der Waals surface area contributed by atoms with Gasteiger partial charge in [-0.3, -0.25) is 9.59 Å². The number of carbonyl (C=O) groups is 2. The Kier molecular flexibility index (Phi) is 5.53.